The molecule has 0 heterocycles. The SMILES string of the molecule is COC(=O)C(Br)CNC1CCCCC1C(C)C. The van der Waals surface area contributed by atoms with E-state index in [0.717, 1.165) is 5.92 Å². The number of esters is 1. The maximum absolute atomic E-state index is 11.3. The fourth-order valence-corrected chi connectivity index (χ4v) is 3.05. The second-order valence-corrected chi connectivity index (χ2v) is 6.30. The molecule has 0 aromatic carbocycles. The van der Waals surface area contributed by atoms with Gasteiger partial charge in [-0.15, -0.1) is 0 Å². The van der Waals surface area contributed by atoms with E-state index in [9.17, 15) is 4.79 Å². The Morgan fingerprint density at radius 3 is 2.65 bits per heavy atom. The van der Waals surface area contributed by atoms with Crippen molar-refractivity contribution in [3.63, 3.8) is 0 Å². The Bertz CT molecular complexity index is 246. The zero-order valence-electron chi connectivity index (χ0n) is 11.0. The largest absolute Gasteiger partial charge is 0.468 e. The number of carbonyl (C=O) groups is 1. The molecule has 1 aliphatic carbocycles. The summed E-state index contributed by atoms with van der Waals surface area (Å²) in [6.45, 7) is 5.23. The quantitative estimate of drug-likeness (QED) is 0.627. The van der Waals surface area contributed by atoms with Crippen LogP contribution in [0.5, 0.6) is 0 Å². The second kappa shape index (κ2) is 7.37. The molecule has 1 rings (SSSR count). The van der Waals surface area contributed by atoms with Crippen LogP contribution in [0.2, 0.25) is 0 Å². The van der Waals surface area contributed by atoms with Gasteiger partial charge in [-0.1, -0.05) is 42.6 Å². The lowest BCUT2D eigenvalue weighted by Crippen LogP contribution is -2.44. The van der Waals surface area contributed by atoms with Crippen LogP contribution in [0, 0.1) is 11.8 Å². The average molecular weight is 306 g/mol. The molecular weight excluding hydrogens is 282 g/mol. The zero-order chi connectivity index (χ0) is 12.8. The van der Waals surface area contributed by atoms with Gasteiger partial charge in [-0.25, -0.2) is 0 Å². The molecule has 3 nitrogen and oxygen atoms in total. The Kier molecular flexibility index (Phi) is 6.49. The fourth-order valence-electron chi connectivity index (χ4n) is 2.68. The molecule has 1 N–H and O–H groups in total. The van der Waals surface area contributed by atoms with E-state index in [-0.39, 0.29) is 10.8 Å². The first kappa shape index (κ1) is 15.0. The van der Waals surface area contributed by atoms with Crippen molar-refractivity contribution >= 4 is 21.9 Å². The van der Waals surface area contributed by atoms with Crippen molar-refractivity contribution in [3.8, 4) is 0 Å². The van der Waals surface area contributed by atoms with E-state index >= 15 is 0 Å². The minimum Gasteiger partial charge on any atom is -0.468 e. The molecular formula is C13H24BrNO2. The van der Waals surface area contributed by atoms with Gasteiger partial charge >= 0.3 is 5.97 Å². The minimum atomic E-state index is -0.234. The summed E-state index contributed by atoms with van der Waals surface area (Å²) in [6, 6.07) is 0.549. The second-order valence-electron chi connectivity index (χ2n) is 5.20. The Balaban J connectivity index is 2.40. The summed E-state index contributed by atoms with van der Waals surface area (Å²) in [6.07, 6.45) is 5.17. The average Bonchev–Trinajstić information content (AvgIpc) is 2.35. The molecule has 0 saturated heterocycles. The van der Waals surface area contributed by atoms with Crippen LogP contribution in [0.15, 0.2) is 0 Å². The summed E-state index contributed by atoms with van der Waals surface area (Å²) < 4.78 is 4.70. The highest BCUT2D eigenvalue weighted by atomic mass is 79.9. The van der Waals surface area contributed by atoms with Crippen LogP contribution < -0.4 is 5.32 Å². The van der Waals surface area contributed by atoms with E-state index in [4.69, 9.17) is 4.74 Å². The number of methoxy groups -OCH3 is 1. The lowest BCUT2D eigenvalue weighted by atomic mass is 9.78. The van der Waals surface area contributed by atoms with Crippen molar-refractivity contribution in [2.75, 3.05) is 13.7 Å². The number of alkyl halides is 1. The van der Waals surface area contributed by atoms with Gasteiger partial charge in [0.1, 0.15) is 4.83 Å². The summed E-state index contributed by atoms with van der Waals surface area (Å²) in [5.41, 5.74) is 0. The molecule has 1 fully saturated rings. The third-order valence-corrected chi connectivity index (χ3v) is 4.39. The number of carbonyl (C=O) groups excluding carboxylic acids is 1. The van der Waals surface area contributed by atoms with Gasteiger partial charge in [0.05, 0.1) is 7.11 Å². The lowest BCUT2D eigenvalue weighted by molar-refractivity contribution is -0.139. The molecule has 3 atom stereocenters. The highest BCUT2D eigenvalue weighted by Gasteiger charge is 2.28. The Morgan fingerprint density at radius 1 is 1.41 bits per heavy atom. The molecule has 0 radical (unpaired) electrons. The van der Waals surface area contributed by atoms with Crippen LogP contribution in [-0.4, -0.2) is 30.5 Å². The maximum atomic E-state index is 11.3. The molecule has 0 spiro atoms. The third kappa shape index (κ3) is 4.59. The first-order valence-corrected chi connectivity index (χ1v) is 7.43. The lowest BCUT2D eigenvalue weighted by Gasteiger charge is -2.35. The molecule has 100 valence electrons. The maximum Gasteiger partial charge on any atom is 0.320 e. The first-order valence-electron chi connectivity index (χ1n) is 6.51. The van der Waals surface area contributed by atoms with Gasteiger partial charge < -0.3 is 10.1 Å². The summed E-state index contributed by atoms with van der Waals surface area (Å²) in [5.74, 6) is 1.25. The smallest absolute Gasteiger partial charge is 0.320 e. The van der Waals surface area contributed by atoms with Crippen molar-refractivity contribution in [1.29, 1.82) is 0 Å². The Labute approximate surface area is 113 Å². The molecule has 0 bridgehead atoms. The Morgan fingerprint density at radius 2 is 2.06 bits per heavy atom. The van der Waals surface area contributed by atoms with Gasteiger partial charge in [0.15, 0.2) is 0 Å². The molecule has 1 aliphatic rings. The standard InChI is InChI=1S/C13H24BrNO2/c1-9(2)10-6-4-5-7-12(10)15-8-11(14)13(16)17-3/h9-12,15H,4-8H2,1-3H3. The number of ether oxygens (including phenoxy) is 1. The monoisotopic (exact) mass is 305 g/mol. The van der Waals surface area contributed by atoms with E-state index in [0.29, 0.717) is 18.5 Å². The van der Waals surface area contributed by atoms with Crippen LogP contribution in [0.25, 0.3) is 0 Å². The van der Waals surface area contributed by atoms with Crippen molar-refractivity contribution in [3.05, 3.63) is 0 Å². The molecule has 0 aromatic heterocycles. The predicted molar refractivity (Wildman–Crippen MR) is 73.3 cm³/mol. The number of hydrogen-bond donors (Lipinski definition) is 1. The number of hydrogen-bond acceptors (Lipinski definition) is 3. The molecule has 0 aromatic rings. The molecule has 17 heavy (non-hydrogen) atoms. The van der Waals surface area contributed by atoms with Crippen molar-refractivity contribution in [1.82, 2.24) is 5.32 Å². The molecule has 0 amide bonds. The molecule has 3 unspecified atom stereocenters. The van der Waals surface area contributed by atoms with E-state index in [2.05, 4.69) is 35.1 Å². The van der Waals surface area contributed by atoms with E-state index in [1.54, 1.807) is 0 Å². The van der Waals surface area contributed by atoms with E-state index in [1.165, 1.54) is 32.8 Å². The summed E-state index contributed by atoms with van der Waals surface area (Å²) in [4.78, 5) is 11.1. The van der Waals surface area contributed by atoms with Gasteiger partial charge in [-0.2, -0.15) is 0 Å². The summed E-state index contributed by atoms with van der Waals surface area (Å²) in [7, 11) is 1.42. The number of halogens is 1. The molecule has 0 aliphatic heterocycles. The van der Waals surface area contributed by atoms with Gasteiger partial charge in [-0.05, 0) is 24.7 Å². The van der Waals surface area contributed by atoms with Crippen LogP contribution in [0.4, 0.5) is 0 Å². The number of nitrogens with one attached hydrogen (secondary N) is 1. The topological polar surface area (TPSA) is 38.3 Å². The minimum absolute atomic E-state index is 0.200. The molecule has 4 heteroatoms. The predicted octanol–water partition coefficient (Wildman–Crippen LogP) is 2.73. The summed E-state index contributed by atoms with van der Waals surface area (Å²) >= 11 is 3.35. The van der Waals surface area contributed by atoms with Crippen LogP contribution >= 0.6 is 15.9 Å². The van der Waals surface area contributed by atoms with Crippen LogP contribution in [0.1, 0.15) is 39.5 Å². The first-order chi connectivity index (χ1) is 8.06. The van der Waals surface area contributed by atoms with Gasteiger partial charge in [0.2, 0.25) is 0 Å². The summed E-state index contributed by atoms with van der Waals surface area (Å²) in [5, 5.41) is 3.52. The van der Waals surface area contributed by atoms with E-state index < -0.39 is 0 Å². The van der Waals surface area contributed by atoms with Gasteiger partial charge in [-0.3, -0.25) is 4.79 Å². The number of rotatable bonds is 5. The third-order valence-electron chi connectivity index (χ3n) is 3.69. The zero-order valence-corrected chi connectivity index (χ0v) is 12.6. The van der Waals surface area contributed by atoms with Crippen molar-refractivity contribution < 1.29 is 9.53 Å². The highest BCUT2D eigenvalue weighted by molar-refractivity contribution is 9.10. The highest BCUT2D eigenvalue weighted by Crippen LogP contribution is 2.30. The van der Waals surface area contributed by atoms with Gasteiger partial charge in [0.25, 0.3) is 0 Å². The van der Waals surface area contributed by atoms with E-state index in [1.807, 2.05) is 0 Å². The van der Waals surface area contributed by atoms with Crippen molar-refractivity contribution in [2.24, 2.45) is 11.8 Å². The van der Waals surface area contributed by atoms with Gasteiger partial charge in [0, 0.05) is 12.6 Å². The fraction of sp³-hybridized carbons (Fsp3) is 0.923. The van der Waals surface area contributed by atoms with Crippen molar-refractivity contribution in [2.45, 2.75) is 50.4 Å². The van der Waals surface area contributed by atoms with Crippen LogP contribution in [0.3, 0.4) is 0 Å². The normalized spacial score (nSPS) is 26.9. The molecule has 1 saturated carbocycles. The van der Waals surface area contributed by atoms with Crippen LogP contribution in [-0.2, 0) is 9.53 Å². The Hall–Kier alpha value is -0.0900.